The summed E-state index contributed by atoms with van der Waals surface area (Å²) in [6.07, 6.45) is 2.29. The Bertz CT molecular complexity index is 593. The molecule has 2 aromatic rings. The van der Waals surface area contributed by atoms with Crippen molar-refractivity contribution in [3.05, 3.63) is 49.1 Å². The van der Waals surface area contributed by atoms with E-state index in [-0.39, 0.29) is 0 Å². The Morgan fingerprint density at radius 1 is 1.39 bits per heavy atom. The molecule has 0 saturated carbocycles. The van der Waals surface area contributed by atoms with Crippen molar-refractivity contribution in [1.82, 2.24) is 0 Å². The fraction of sp³-hybridized carbons (Fsp3) is 0.286. The predicted molar refractivity (Wildman–Crippen MR) is 82.9 cm³/mol. The number of hydrogen-bond donors (Lipinski definition) is 1. The quantitative estimate of drug-likeness (QED) is 0.752. The largest absolute Gasteiger partial charge is 0.378 e. The van der Waals surface area contributed by atoms with Gasteiger partial charge in [0.05, 0.1) is 10.4 Å². The van der Waals surface area contributed by atoms with E-state index in [4.69, 9.17) is 11.6 Å². The maximum absolute atomic E-state index is 6.08. The number of nitrogens with one attached hydrogen (secondary N) is 1. The van der Waals surface area contributed by atoms with Gasteiger partial charge >= 0.3 is 0 Å². The molecule has 0 saturated heterocycles. The van der Waals surface area contributed by atoms with E-state index in [1.165, 1.54) is 16.0 Å². The first-order chi connectivity index (χ1) is 8.63. The molecule has 1 atom stereocenters. The molecule has 1 heterocycles. The highest BCUT2D eigenvalue weighted by Crippen LogP contribution is 2.41. The highest BCUT2D eigenvalue weighted by Gasteiger charge is 2.24. The number of aryl methyl sites for hydroxylation is 2. The van der Waals surface area contributed by atoms with Gasteiger partial charge < -0.3 is 5.32 Å². The summed E-state index contributed by atoms with van der Waals surface area (Å²) in [6, 6.07) is 8.91. The Labute approximate surface area is 124 Å². The van der Waals surface area contributed by atoms with Crippen molar-refractivity contribution in [2.24, 2.45) is 0 Å². The van der Waals surface area contributed by atoms with Gasteiger partial charge in [-0.25, -0.2) is 0 Å². The molecule has 1 unspecified atom stereocenters. The SMILES string of the molecule is Cc1ccc(NC2CCc3sc(Cl)cc32)cc1Br. The summed E-state index contributed by atoms with van der Waals surface area (Å²) >= 11 is 11.4. The van der Waals surface area contributed by atoms with Crippen molar-refractivity contribution in [1.29, 1.82) is 0 Å². The molecule has 0 amide bonds. The smallest absolute Gasteiger partial charge is 0.0934 e. The van der Waals surface area contributed by atoms with Gasteiger partial charge in [-0.05, 0) is 49.1 Å². The van der Waals surface area contributed by atoms with E-state index >= 15 is 0 Å². The Hall–Kier alpha value is -0.510. The molecule has 0 fully saturated rings. The van der Waals surface area contributed by atoms with Crippen LogP contribution in [-0.2, 0) is 6.42 Å². The van der Waals surface area contributed by atoms with Gasteiger partial charge in [-0.1, -0.05) is 33.6 Å². The van der Waals surface area contributed by atoms with Crippen molar-refractivity contribution in [2.45, 2.75) is 25.8 Å². The second-order valence-electron chi connectivity index (χ2n) is 4.63. The van der Waals surface area contributed by atoms with E-state index in [1.807, 2.05) is 0 Å². The van der Waals surface area contributed by atoms with Gasteiger partial charge in [0.2, 0.25) is 0 Å². The van der Waals surface area contributed by atoms with E-state index in [0.717, 1.165) is 27.3 Å². The van der Waals surface area contributed by atoms with Crippen LogP contribution in [0.25, 0.3) is 0 Å². The van der Waals surface area contributed by atoms with Crippen molar-refractivity contribution >= 4 is 44.6 Å². The van der Waals surface area contributed by atoms with Crippen LogP contribution in [-0.4, -0.2) is 0 Å². The lowest BCUT2D eigenvalue weighted by Gasteiger charge is -2.15. The maximum atomic E-state index is 6.08. The standard InChI is InChI=1S/C14H13BrClNS/c1-8-2-3-9(6-11(8)15)17-12-4-5-13-10(12)7-14(16)18-13/h2-3,6-7,12,17H,4-5H2,1H3. The van der Waals surface area contributed by atoms with Crippen molar-refractivity contribution < 1.29 is 0 Å². The van der Waals surface area contributed by atoms with Crippen LogP contribution in [0.1, 0.15) is 28.5 Å². The zero-order chi connectivity index (χ0) is 12.7. The van der Waals surface area contributed by atoms with E-state index in [9.17, 15) is 0 Å². The molecule has 0 spiro atoms. The molecule has 0 aliphatic heterocycles. The third kappa shape index (κ3) is 2.31. The fourth-order valence-corrected chi connectivity index (χ4v) is 4.10. The van der Waals surface area contributed by atoms with Crippen LogP contribution in [0.2, 0.25) is 4.34 Å². The number of hydrogen-bond acceptors (Lipinski definition) is 2. The van der Waals surface area contributed by atoms with Crippen LogP contribution >= 0.6 is 38.9 Å². The second-order valence-corrected chi connectivity index (χ2v) is 7.25. The zero-order valence-corrected chi connectivity index (χ0v) is 13.1. The average molecular weight is 343 g/mol. The van der Waals surface area contributed by atoms with Gasteiger partial charge in [0.1, 0.15) is 0 Å². The van der Waals surface area contributed by atoms with Gasteiger partial charge in [-0.15, -0.1) is 11.3 Å². The molecule has 4 heteroatoms. The number of rotatable bonds is 2. The Kier molecular flexibility index (Phi) is 3.39. The number of halogens is 2. The molecule has 94 valence electrons. The third-order valence-electron chi connectivity index (χ3n) is 3.36. The lowest BCUT2D eigenvalue weighted by atomic mass is 10.1. The minimum Gasteiger partial charge on any atom is -0.378 e. The van der Waals surface area contributed by atoms with Crippen LogP contribution in [0.5, 0.6) is 0 Å². The Morgan fingerprint density at radius 3 is 3.00 bits per heavy atom. The maximum Gasteiger partial charge on any atom is 0.0934 e. The Morgan fingerprint density at radius 2 is 2.22 bits per heavy atom. The molecule has 1 aromatic heterocycles. The number of benzene rings is 1. The molecule has 1 nitrogen and oxygen atoms in total. The van der Waals surface area contributed by atoms with E-state index in [0.29, 0.717) is 6.04 Å². The molecule has 3 rings (SSSR count). The summed E-state index contributed by atoms with van der Waals surface area (Å²) in [6.45, 7) is 2.10. The van der Waals surface area contributed by atoms with Gasteiger partial charge in [0, 0.05) is 15.0 Å². The zero-order valence-electron chi connectivity index (χ0n) is 9.97. The fourth-order valence-electron chi connectivity index (χ4n) is 2.36. The molecular formula is C14H13BrClNS. The lowest BCUT2D eigenvalue weighted by molar-refractivity contribution is 0.762. The first-order valence-corrected chi connectivity index (χ1v) is 7.93. The molecular weight excluding hydrogens is 330 g/mol. The lowest BCUT2D eigenvalue weighted by Crippen LogP contribution is -2.06. The van der Waals surface area contributed by atoms with Gasteiger partial charge in [-0.2, -0.15) is 0 Å². The van der Waals surface area contributed by atoms with E-state index in [1.54, 1.807) is 11.3 Å². The number of anilines is 1. The highest BCUT2D eigenvalue weighted by atomic mass is 79.9. The highest BCUT2D eigenvalue weighted by molar-refractivity contribution is 9.10. The monoisotopic (exact) mass is 341 g/mol. The van der Waals surface area contributed by atoms with Crippen LogP contribution in [0, 0.1) is 6.92 Å². The van der Waals surface area contributed by atoms with Crippen molar-refractivity contribution in [2.75, 3.05) is 5.32 Å². The normalized spacial score (nSPS) is 17.8. The van der Waals surface area contributed by atoms with Crippen LogP contribution in [0.4, 0.5) is 5.69 Å². The molecule has 1 aliphatic carbocycles. The summed E-state index contributed by atoms with van der Waals surface area (Å²) in [5.41, 5.74) is 3.79. The average Bonchev–Trinajstić information content (AvgIpc) is 2.85. The first kappa shape index (κ1) is 12.5. The first-order valence-electron chi connectivity index (χ1n) is 5.94. The molecule has 1 aromatic carbocycles. The Balaban J connectivity index is 1.83. The summed E-state index contributed by atoms with van der Waals surface area (Å²) in [5.74, 6) is 0. The topological polar surface area (TPSA) is 12.0 Å². The van der Waals surface area contributed by atoms with Crippen molar-refractivity contribution in [3.8, 4) is 0 Å². The minimum atomic E-state index is 0.401. The summed E-state index contributed by atoms with van der Waals surface area (Å²) in [7, 11) is 0. The molecule has 1 aliphatic rings. The van der Waals surface area contributed by atoms with E-state index < -0.39 is 0 Å². The third-order valence-corrected chi connectivity index (χ3v) is 5.55. The van der Waals surface area contributed by atoms with Crippen LogP contribution < -0.4 is 5.32 Å². The van der Waals surface area contributed by atoms with Gasteiger partial charge in [-0.3, -0.25) is 0 Å². The molecule has 18 heavy (non-hydrogen) atoms. The van der Waals surface area contributed by atoms with Crippen LogP contribution in [0.3, 0.4) is 0 Å². The predicted octanol–water partition coefficient (Wildman–Crippen LogP) is 5.57. The summed E-state index contributed by atoms with van der Waals surface area (Å²) in [4.78, 5) is 1.43. The van der Waals surface area contributed by atoms with Crippen molar-refractivity contribution in [3.63, 3.8) is 0 Å². The van der Waals surface area contributed by atoms with Crippen LogP contribution in [0.15, 0.2) is 28.7 Å². The molecule has 0 bridgehead atoms. The number of thiophene rings is 1. The molecule has 0 radical (unpaired) electrons. The number of fused-ring (bicyclic) bond motifs is 1. The molecule has 1 N–H and O–H groups in total. The summed E-state index contributed by atoms with van der Waals surface area (Å²) in [5, 5.41) is 3.60. The van der Waals surface area contributed by atoms with Gasteiger partial charge in [0.15, 0.2) is 0 Å². The minimum absolute atomic E-state index is 0.401. The van der Waals surface area contributed by atoms with Gasteiger partial charge in [0.25, 0.3) is 0 Å². The second kappa shape index (κ2) is 4.87. The van der Waals surface area contributed by atoms with E-state index in [2.05, 4.69) is 52.4 Å². The summed E-state index contributed by atoms with van der Waals surface area (Å²) < 4.78 is 2.05.